The summed E-state index contributed by atoms with van der Waals surface area (Å²) >= 11 is 0. The highest BCUT2D eigenvalue weighted by molar-refractivity contribution is 5.66. The molecule has 4 nitrogen and oxygen atoms in total. The van der Waals surface area contributed by atoms with Gasteiger partial charge in [0.15, 0.2) is 0 Å². The normalized spacial score (nSPS) is 11.5. The summed E-state index contributed by atoms with van der Waals surface area (Å²) < 4.78 is 5.28. The van der Waals surface area contributed by atoms with E-state index in [1.54, 1.807) is 27.2 Å². The van der Waals surface area contributed by atoms with E-state index in [2.05, 4.69) is 9.97 Å². The van der Waals surface area contributed by atoms with Gasteiger partial charge in [0.2, 0.25) is 0 Å². The largest absolute Gasteiger partial charge is 0.496 e. The smallest absolute Gasteiger partial charge is 0.138 e. The van der Waals surface area contributed by atoms with Crippen LogP contribution in [0.4, 0.5) is 0 Å². The highest BCUT2D eigenvalue weighted by Crippen LogP contribution is 2.29. The second-order valence-electron chi connectivity index (χ2n) is 4.40. The Hall–Kier alpha value is -1.81. The van der Waals surface area contributed by atoms with Gasteiger partial charge in [-0.05, 0) is 26.0 Å². The van der Waals surface area contributed by atoms with Crippen molar-refractivity contribution >= 4 is 0 Å². The van der Waals surface area contributed by atoms with Gasteiger partial charge < -0.3 is 14.8 Å². The summed E-state index contributed by atoms with van der Waals surface area (Å²) in [7, 11) is 1.63. The molecule has 0 saturated carbocycles. The average molecular weight is 232 g/mol. The molecule has 90 valence electrons. The van der Waals surface area contributed by atoms with Gasteiger partial charge in [-0.15, -0.1) is 0 Å². The lowest BCUT2D eigenvalue weighted by atomic mass is 10.1. The number of hydrogen-bond donors (Lipinski definition) is 2. The zero-order chi connectivity index (χ0) is 12.5. The van der Waals surface area contributed by atoms with E-state index in [0.29, 0.717) is 5.82 Å². The Morgan fingerprint density at radius 1 is 1.29 bits per heavy atom. The van der Waals surface area contributed by atoms with Crippen LogP contribution < -0.4 is 4.74 Å². The Bertz CT molecular complexity index is 512. The highest BCUT2D eigenvalue weighted by Gasteiger charge is 2.20. The number of methoxy groups -OCH3 is 1. The molecule has 0 spiro atoms. The first-order chi connectivity index (χ1) is 8.02. The molecule has 4 heteroatoms. The lowest BCUT2D eigenvalue weighted by molar-refractivity contribution is 0.0697. The number of H-pyrrole nitrogens is 1. The average Bonchev–Trinajstić information content (AvgIpc) is 2.77. The zero-order valence-corrected chi connectivity index (χ0v) is 10.2. The van der Waals surface area contributed by atoms with Gasteiger partial charge in [0.05, 0.1) is 19.0 Å². The lowest BCUT2D eigenvalue weighted by Crippen LogP contribution is -2.17. The molecule has 1 aromatic carbocycles. The fourth-order valence-corrected chi connectivity index (χ4v) is 1.64. The molecule has 0 radical (unpaired) electrons. The molecule has 0 amide bonds. The van der Waals surface area contributed by atoms with Crippen molar-refractivity contribution in [2.45, 2.75) is 19.4 Å². The summed E-state index contributed by atoms with van der Waals surface area (Å²) in [6, 6.07) is 7.68. The van der Waals surface area contributed by atoms with Gasteiger partial charge in [-0.3, -0.25) is 0 Å². The second kappa shape index (κ2) is 4.22. The molecule has 0 unspecified atom stereocenters. The minimum absolute atomic E-state index is 0.540. The van der Waals surface area contributed by atoms with Crippen molar-refractivity contribution in [1.29, 1.82) is 0 Å². The summed E-state index contributed by atoms with van der Waals surface area (Å²) in [6.07, 6.45) is 1.70. The van der Waals surface area contributed by atoms with E-state index in [0.717, 1.165) is 17.0 Å². The molecular weight excluding hydrogens is 216 g/mol. The van der Waals surface area contributed by atoms with Crippen molar-refractivity contribution in [3.05, 3.63) is 36.3 Å². The SMILES string of the molecule is COc1ccccc1-c1cnc(C(C)(C)O)[nH]1. The van der Waals surface area contributed by atoms with E-state index in [1.807, 2.05) is 24.3 Å². The Labute approximate surface area is 100 Å². The van der Waals surface area contributed by atoms with Crippen LogP contribution in [-0.2, 0) is 5.60 Å². The molecule has 0 fully saturated rings. The van der Waals surface area contributed by atoms with Gasteiger partial charge >= 0.3 is 0 Å². The van der Waals surface area contributed by atoms with Crippen LogP contribution >= 0.6 is 0 Å². The van der Waals surface area contributed by atoms with Gasteiger partial charge in [0.25, 0.3) is 0 Å². The molecule has 0 atom stereocenters. The van der Waals surface area contributed by atoms with Crippen molar-refractivity contribution in [1.82, 2.24) is 9.97 Å². The molecule has 1 heterocycles. The van der Waals surface area contributed by atoms with E-state index in [9.17, 15) is 5.11 Å². The number of rotatable bonds is 3. The van der Waals surface area contributed by atoms with Crippen molar-refractivity contribution in [2.24, 2.45) is 0 Å². The molecule has 17 heavy (non-hydrogen) atoms. The maximum absolute atomic E-state index is 9.85. The first-order valence-electron chi connectivity index (χ1n) is 5.43. The Morgan fingerprint density at radius 3 is 2.59 bits per heavy atom. The number of nitrogens with zero attached hydrogens (tertiary/aromatic N) is 1. The monoisotopic (exact) mass is 232 g/mol. The standard InChI is InChI=1S/C13H16N2O2/c1-13(2,16)12-14-8-10(15-12)9-6-4-5-7-11(9)17-3/h4-8,16H,1-3H3,(H,14,15). The summed E-state index contributed by atoms with van der Waals surface area (Å²) in [5.74, 6) is 1.32. The van der Waals surface area contributed by atoms with Crippen LogP contribution in [0.3, 0.4) is 0 Å². The molecule has 0 bridgehead atoms. The Kier molecular flexibility index (Phi) is 2.90. The van der Waals surface area contributed by atoms with Crippen LogP contribution in [0.5, 0.6) is 5.75 Å². The fourth-order valence-electron chi connectivity index (χ4n) is 1.64. The Balaban J connectivity index is 2.44. The number of imidazole rings is 1. The van der Waals surface area contributed by atoms with Crippen molar-refractivity contribution < 1.29 is 9.84 Å². The van der Waals surface area contributed by atoms with E-state index < -0.39 is 5.60 Å². The van der Waals surface area contributed by atoms with Crippen molar-refractivity contribution in [2.75, 3.05) is 7.11 Å². The molecule has 2 N–H and O–H groups in total. The van der Waals surface area contributed by atoms with Gasteiger partial charge in [-0.1, -0.05) is 12.1 Å². The first kappa shape index (κ1) is 11.7. The summed E-state index contributed by atoms with van der Waals surface area (Å²) in [4.78, 5) is 7.28. The quantitative estimate of drug-likeness (QED) is 0.853. The summed E-state index contributed by atoms with van der Waals surface area (Å²) in [5.41, 5.74) is 0.790. The minimum atomic E-state index is -0.972. The number of aromatic amines is 1. The number of hydrogen-bond acceptors (Lipinski definition) is 3. The number of ether oxygens (including phenoxy) is 1. The maximum atomic E-state index is 9.85. The number of benzene rings is 1. The molecule has 1 aromatic heterocycles. The molecule has 2 rings (SSSR count). The Morgan fingerprint density at radius 2 is 2.00 bits per heavy atom. The molecule has 0 aliphatic heterocycles. The number of para-hydroxylation sites is 1. The topological polar surface area (TPSA) is 58.1 Å². The first-order valence-corrected chi connectivity index (χ1v) is 5.43. The number of aliphatic hydroxyl groups is 1. The molecule has 2 aromatic rings. The van der Waals surface area contributed by atoms with E-state index in [4.69, 9.17) is 4.74 Å². The summed E-state index contributed by atoms with van der Waals surface area (Å²) in [6.45, 7) is 3.38. The third-order valence-electron chi connectivity index (χ3n) is 2.55. The van der Waals surface area contributed by atoms with Crippen molar-refractivity contribution in [3.8, 4) is 17.0 Å². The van der Waals surface area contributed by atoms with Crippen LogP contribution in [0.25, 0.3) is 11.3 Å². The molecule has 0 saturated heterocycles. The molecular formula is C13H16N2O2. The lowest BCUT2D eigenvalue weighted by Gasteiger charge is -2.13. The maximum Gasteiger partial charge on any atom is 0.138 e. The van der Waals surface area contributed by atoms with E-state index in [1.165, 1.54) is 0 Å². The van der Waals surface area contributed by atoms with Crippen molar-refractivity contribution in [3.63, 3.8) is 0 Å². The van der Waals surface area contributed by atoms with Crippen LogP contribution in [0.15, 0.2) is 30.5 Å². The van der Waals surface area contributed by atoms with Crippen LogP contribution in [0.1, 0.15) is 19.7 Å². The highest BCUT2D eigenvalue weighted by atomic mass is 16.5. The second-order valence-corrected chi connectivity index (χ2v) is 4.40. The van der Waals surface area contributed by atoms with Gasteiger partial charge in [-0.2, -0.15) is 0 Å². The minimum Gasteiger partial charge on any atom is -0.496 e. The predicted molar refractivity (Wildman–Crippen MR) is 65.8 cm³/mol. The third-order valence-corrected chi connectivity index (χ3v) is 2.55. The fraction of sp³-hybridized carbons (Fsp3) is 0.308. The summed E-state index contributed by atoms with van der Waals surface area (Å²) in [5, 5.41) is 9.85. The van der Waals surface area contributed by atoms with E-state index >= 15 is 0 Å². The number of nitrogens with one attached hydrogen (secondary N) is 1. The number of aromatic nitrogens is 2. The predicted octanol–water partition coefficient (Wildman–Crippen LogP) is 2.31. The molecule has 0 aliphatic carbocycles. The van der Waals surface area contributed by atoms with Gasteiger partial charge in [0.1, 0.15) is 17.2 Å². The third kappa shape index (κ3) is 2.31. The van der Waals surface area contributed by atoms with Crippen LogP contribution in [-0.4, -0.2) is 22.2 Å². The van der Waals surface area contributed by atoms with Crippen LogP contribution in [0, 0.1) is 0 Å². The van der Waals surface area contributed by atoms with Crippen LogP contribution in [0.2, 0.25) is 0 Å². The molecule has 0 aliphatic rings. The van der Waals surface area contributed by atoms with Gasteiger partial charge in [0, 0.05) is 5.56 Å². The van der Waals surface area contributed by atoms with E-state index in [-0.39, 0.29) is 0 Å². The zero-order valence-electron chi connectivity index (χ0n) is 10.2. The van der Waals surface area contributed by atoms with Gasteiger partial charge in [-0.25, -0.2) is 4.98 Å².